The first-order chi connectivity index (χ1) is 16.8. The van der Waals surface area contributed by atoms with Crippen molar-refractivity contribution in [3.63, 3.8) is 0 Å². The van der Waals surface area contributed by atoms with Gasteiger partial charge in [-0.05, 0) is 37.1 Å². The second-order valence-electron chi connectivity index (χ2n) is 8.71. The van der Waals surface area contributed by atoms with Crippen molar-refractivity contribution in [2.24, 2.45) is 0 Å². The maximum absolute atomic E-state index is 13.9. The summed E-state index contributed by atoms with van der Waals surface area (Å²) in [5, 5.41) is 3.00. The molecule has 0 atom stereocenters. The first-order valence-corrected chi connectivity index (χ1v) is 11.6. The second-order valence-corrected chi connectivity index (χ2v) is 8.71. The molecule has 1 aliphatic heterocycles. The van der Waals surface area contributed by atoms with E-state index in [0.29, 0.717) is 32.1 Å². The van der Waals surface area contributed by atoms with Crippen molar-refractivity contribution in [3.05, 3.63) is 71.2 Å². The number of hydrogen-bond donors (Lipinski definition) is 1. The number of aryl methyl sites for hydroxylation is 3. The van der Waals surface area contributed by atoms with Crippen LogP contribution in [0.2, 0.25) is 0 Å². The van der Waals surface area contributed by atoms with E-state index in [4.69, 9.17) is 4.42 Å². The summed E-state index contributed by atoms with van der Waals surface area (Å²) in [7, 11) is 0. The number of carbonyl (C=O) groups is 2. The second kappa shape index (κ2) is 10.8. The summed E-state index contributed by atoms with van der Waals surface area (Å²) in [5.41, 5.74) is 3.02. The number of nitrogens with zero attached hydrogens (tertiary/aromatic N) is 3. The number of hydrogen-bond acceptors (Lipinski definition) is 5. The van der Waals surface area contributed by atoms with E-state index in [9.17, 15) is 18.4 Å². The number of halogens is 2. The highest BCUT2D eigenvalue weighted by molar-refractivity contribution is 5.93. The first-order valence-electron chi connectivity index (χ1n) is 11.6. The fourth-order valence-corrected chi connectivity index (χ4v) is 4.16. The van der Waals surface area contributed by atoms with Crippen molar-refractivity contribution < 1.29 is 22.8 Å². The van der Waals surface area contributed by atoms with Crippen molar-refractivity contribution in [1.29, 1.82) is 0 Å². The Balaban J connectivity index is 1.22. The molecular formula is C26H28F2N4O3. The van der Waals surface area contributed by atoms with Gasteiger partial charge in [-0.3, -0.25) is 14.5 Å². The molecule has 0 radical (unpaired) electrons. The van der Waals surface area contributed by atoms with Crippen LogP contribution in [0, 0.1) is 25.5 Å². The molecule has 2 aromatic carbocycles. The van der Waals surface area contributed by atoms with Gasteiger partial charge in [0.2, 0.25) is 11.8 Å². The smallest absolute Gasteiger partial charge is 0.238 e. The third-order valence-electron chi connectivity index (χ3n) is 6.14. The van der Waals surface area contributed by atoms with Gasteiger partial charge in [0.25, 0.3) is 0 Å². The predicted octanol–water partition coefficient (Wildman–Crippen LogP) is 3.95. The number of anilines is 1. The van der Waals surface area contributed by atoms with E-state index in [2.05, 4.69) is 10.3 Å². The lowest BCUT2D eigenvalue weighted by Crippen LogP contribution is -2.50. The Kier molecular flexibility index (Phi) is 7.55. The number of oxazole rings is 1. The van der Waals surface area contributed by atoms with E-state index in [0.717, 1.165) is 28.9 Å². The molecule has 3 aromatic rings. The van der Waals surface area contributed by atoms with Crippen molar-refractivity contribution >= 4 is 17.5 Å². The van der Waals surface area contributed by atoms with Gasteiger partial charge in [-0.1, -0.05) is 18.2 Å². The minimum absolute atomic E-state index is 0.0302. The quantitative estimate of drug-likeness (QED) is 0.552. The topological polar surface area (TPSA) is 78.7 Å². The van der Waals surface area contributed by atoms with Gasteiger partial charge in [0.05, 0.1) is 18.3 Å². The summed E-state index contributed by atoms with van der Waals surface area (Å²) in [6, 6.07) is 9.12. The van der Waals surface area contributed by atoms with Crippen LogP contribution in [-0.2, 0) is 16.0 Å². The van der Waals surface area contributed by atoms with E-state index < -0.39 is 11.6 Å². The molecule has 1 aromatic heterocycles. The lowest BCUT2D eigenvalue weighted by atomic mass is 10.1. The number of aromatic nitrogens is 1. The fraction of sp³-hybridized carbons (Fsp3) is 0.346. The largest absolute Gasteiger partial charge is 0.441 e. The van der Waals surface area contributed by atoms with Crippen molar-refractivity contribution in [2.45, 2.75) is 26.7 Å². The number of nitrogens with one attached hydrogen (secondary N) is 1. The highest BCUT2D eigenvalue weighted by Gasteiger charge is 2.23. The van der Waals surface area contributed by atoms with E-state index in [1.54, 1.807) is 4.90 Å². The molecule has 0 unspecified atom stereocenters. The first kappa shape index (κ1) is 24.5. The Bertz CT molecular complexity index is 1200. The highest BCUT2D eigenvalue weighted by Crippen LogP contribution is 2.25. The zero-order chi connectivity index (χ0) is 24.9. The number of benzene rings is 2. The molecule has 0 spiro atoms. The van der Waals surface area contributed by atoms with E-state index in [1.165, 1.54) is 12.3 Å². The monoisotopic (exact) mass is 482 g/mol. The number of piperazine rings is 1. The molecule has 35 heavy (non-hydrogen) atoms. The SMILES string of the molecule is Cc1cccc(C)c1NC(=O)CN1CCN(C(=O)CCc2ncc(-c3ccc(F)cc3F)o2)CC1. The van der Waals surface area contributed by atoms with Crippen LogP contribution in [0.3, 0.4) is 0 Å². The summed E-state index contributed by atoms with van der Waals surface area (Å²) in [5.74, 6) is -0.989. The minimum atomic E-state index is -0.732. The molecule has 1 aliphatic rings. The van der Waals surface area contributed by atoms with Crippen molar-refractivity contribution in [3.8, 4) is 11.3 Å². The normalized spacial score (nSPS) is 14.2. The van der Waals surface area contributed by atoms with Gasteiger partial charge in [0.1, 0.15) is 11.6 Å². The predicted molar refractivity (Wildman–Crippen MR) is 128 cm³/mol. The number of para-hydroxylation sites is 1. The maximum Gasteiger partial charge on any atom is 0.238 e. The molecule has 0 aliphatic carbocycles. The van der Waals surface area contributed by atoms with Gasteiger partial charge >= 0.3 is 0 Å². The van der Waals surface area contributed by atoms with E-state index >= 15 is 0 Å². The summed E-state index contributed by atoms with van der Waals surface area (Å²) in [6.07, 6.45) is 1.86. The lowest BCUT2D eigenvalue weighted by molar-refractivity contribution is -0.133. The molecule has 0 saturated carbocycles. The van der Waals surface area contributed by atoms with Crippen LogP contribution in [0.15, 0.2) is 47.0 Å². The number of carbonyl (C=O) groups excluding carboxylic acids is 2. The number of amides is 2. The standard InChI is InChI=1S/C26H28F2N4O3/c1-17-4-3-5-18(2)26(17)30-23(33)16-31-10-12-32(13-11-31)25(34)9-8-24-29-15-22(35-24)20-7-6-19(27)14-21(20)28/h3-7,14-15H,8-13,16H2,1-2H3,(H,30,33). The van der Waals surface area contributed by atoms with E-state index in [-0.39, 0.29) is 42.5 Å². The van der Waals surface area contributed by atoms with Crippen LogP contribution < -0.4 is 5.32 Å². The molecule has 9 heteroatoms. The summed E-state index contributed by atoms with van der Waals surface area (Å²) in [6.45, 7) is 6.49. The van der Waals surface area contributed by atoms with Crippen LogP contribution in [-0.4, -0.2) is 59.3 Å². The Hall–Kier alpha value is -3.59. The molecule has 1 N–H and O–H groups in total. The molecule has 0 bridgehead atoms. The Morgan fingerprint density at radius 3 is 2.46 bits per heavy atom. The average molecular weight is 483 g/mol. The Labute approximate surface area is 202 Å². The maximum atomic E-state index is 13.9. The van der Waals surface area contributed by atoms with E-state index in [1.807, 2.05) is 36.9 Å². The van der Waals surface area contributed by atoms with Gasteiger partial charge in [-0.25, -0.2) is 13.8 Å². The number of rotatable bonds is 7. The third-order valence-corrected chi connectivity index (χ3v) is 6.14. The van der Waals surface area contributed by atoms with Crippen LogP contribution in [0.25, 0.3) is 11.3 Å². The van der Waals surface area contributed by atoms with Gasteiger partial charge in [-0.2, -0.15) is 0 Å². The molecule has 1 saturated heterocycles. The summed E-state index contributed by atoms with van der Waals surface area (Å²) < 4.78 is 32.6. The molecule has 2 heterocycles. The van der Waals surface area contributed by atoms with Crippen LogP contribution >= 0.6 is 0 Å². The minimum Gasteiger partial charge on any atom is -0.441 e. The van der Waals surface area contributed by atoms with Crippen LogP contribution in [0.1, 0.15) is 23.4 Å². The van der Waals surface area contributed by atoms with Crippen molar-refractivity contribution in [1.82, 2.24) is 14.8 Å². The molecular weight excluding hydrogens is 454 g/mol. The molecule has 2 amide bonds. The fourth-order valence-electron chi connectivity index (χ4n) is 4.16. The highest BCUT2D eigenvalue weighted by atomic mass is 19.1. The van der Waals surface area contributed by atoms with Gasteiger partial charge < -0.3 is 14.6 Å². The molecule has 4 rings (SSSR count). The molecule has 7 nitrogen and oxygen atoms in total. The Morgan fingerprint density at radius 2 is 1.77 bits per heavy atom. The van der Waals surface area contributed by atoms with Gasteiger partial charge in [-0.15, -0.1) is 0 Å². The lowest BCUT2D eigenvalue weighted by Gasteiger charge is -2.34. The third kappa shape index (κ3) is 6.10. The zero-order valence-corrected chi connectivity index (χ0v) is 19.8. The van der Waals surface area contributed by atoms with Crippen molar-refractivity contribution in [2.75, 3.05) is 38.0 Å². The van der Waals surface area contributed by atoms with Crippen LogP contribution in [0.5, 0.6) is 0 Å². The van der Waals surface area contributed by atoms with Gasteiger partial charge in [0, 0.05) is 50.8 Å². The summed E-state index contributed by atoms with van der Waals surface area (Å²) >= 11 is 0. The summed E-state index contributed by atoms with van der Waals surface area (Å²) in [4.78, 5) is 33.1. The Morgan fingerprint density at radius 1 is 1.06 bits per heavy atom. The molecule has 184 valence electrons. The van der Waals surface area contributed by atoms with Crippen LogP contribution in [0.4, 0.5) is 14.5 Å². The molecule has 1 fully saturated rings. The zero-order valence-electron chi connectivity index (χ0n) is 19.8. The van der Waals surface area contributed by atoms with Gasteiger partial charge in [0.15, 0.2) is 11.7 Å². The average Bonchev–Trinajstić information content (AvgIpc) is 3.29.